The highest BCUT2D eigenvalue weighted by Crippen LogP contribution is 2.50. The van der Waals surface area contributed by atoms with Crippen molar-refractivity contribution < 1.29 is 14.3 Å². The van der Waals surface area contributed by atoms with E-state index in [9.17, 15) is 9.59 Å². The Hall–Kier alpha value is -1.36. The first-order valence-electron chi connectivity index (χ1n) is 7.07. The Balaban J connectivity index is 1.92. The molecule has 2 rings (SSSR count). The molecule has 4 nitrogen and oxygen atoms in total. The first kappa shape index (κ1) is 15.0. The van der Waals surface area contributed by atoms with Crippen molar-refractivity contribution in [1.29, 1.82) is 0 Å². The van der Waals surface area contributed by atoms with E-state index in [0.29, 0.717) is 19.1 Å². The van der Waals surface area contributed by atoms with Crippen LogP contribution in [-0.4, -0.2) is 36.5 Å². The van der Waals surface area contributed by atoms with E-state index in [-0.39, 0.29) is 24.3 Å². The van der Waals surface area contributed by atoms with Crippen molar-refractivity contribution in [2.75, 3.05) is 19.7 Å². The summed E-state index contributed by atoms with van der Waals surface area (Å²) in [5.74, 6) is 0.142. The molecule has 0 bridgehead atoms. The van der Waals surface area contributed by atoms with Crippen LogP contribution in [0.4, 0.5) is 0 Å². The number of rotatable bonds is 6. The molecule has 0 aromatic carbocycles. The number of aryl methyl sites for hydroxylation is 1. The van der Waals surface area contributed by atoms with Crippen molar-refractivity contribution in [2.45, 2.75) is 33.1 Å². The second kappa shape index (κ2) is 6.39. The number of hydrogen-bond acceptors (Lipinski definition) is 4. The summed E-state index contributed by atoms with van der Waals surface area (Å²) < 4.78 is 4.91. The number of ether oxygens (including phenoxy) is 1. The topological polar surface area (TPSA) is 46.6 Å². The maximum absolute atomic E-state index is 12.4. The zero-order valence-corrected chi connectivity index (χ0v) is 13.0. The maximum atomic E-state index is 12.4. The summed E-state index contributed by atoms with van der Waals surface area (Å²) in [5, 5.41) is 0. The second-order valence-corrected chi connectivity index (χ2v) is 6.37. The Kier molecular flexibility index (Phi) is 4.81. The van der Waals surface area contributed by atoms with Crippen molar-refractivity contribution in [3.8, 4) is 0 Å². The average Bonchev–Trinajstić information content (AvgIpc) is 3.11. The molecule has 20 heavy (non-hydrogen) atoms. The normalized spacial score (nSPS) is 20.6. The minimum atomic E-state index is -0.327. The number of amides is 1. The van der Waals surface area contributed by atoms with Crippen molar-refractivity contribution in [3.05, 3.63) is 21.9 Å². The molecule has 1 saturated carbocycles. The van der Waals surface area contributed by atoms with Gasteiger partial charge in [0.25, 0.3) is 0 Å². The van der Waals surface area contributed by atoms with Gasteiger partial charge in [-0.25, -0.2) is 0 Å². The van der Waals surface area contributed by atoms with Gasteiger partial charge >= 0.3 is 5.97 Å². The summed E-state index contributed by atoms with van der Waals surface area (Å²) in [6, 6.07) is 4.20. The number of hydrogen-bond donors (Lipinski definition) is 0. The molecule has 0 saturated heterocycles. The Morgan fingerprint density at radius 3 is 2.70 bits per heavy atom. The molecule has 0 spiro atoms. The quantitative estimate of drug-likeness (QED) is 0.758. The van der Waals surface area contributed by atoms with Crippen LogP contribution in [0.15, 0.2) is 12.1 Å². The van der Waals surface area contributed by atoms with E-state index in [1.54, 1.807) is 23.2 Å². The van der Waals surface area contributed by atoms with Gasteiger partial charge in [0.1, 0.15) is 6.54 Å². The average molecular weight is 295 g/mol. The summed E-state index contributed by atoms with van der Waals surface area (Å²) in [6.07, 6.45) is 0.901. The van der Waals surface area contributed by atoms with Gasteiger partial charge in [0.15, 0.2) is 0 Å². The lowest BCUT2D eigenvalue weighted by atomic mass is 10.2. The van der Waals surface area contributed by atoms with Crippen LogP contribution in [0.3, 0.4) is 0 Å². The first-order chi connectivity index (χ1) is 9.56. The van der Waals surface area contributed by atoms with Gasteiger partial charge in [-0.05, 0) is 39.3 Å². The van der Waals surface area contributed by atoms with Crippen molar-refractivity contribution >= 4 is 23.2 Å². The predicted octanol–water partition coefficient (Wildman–Crippen LogP) is 2.57. The minimum absolute atomic E-state index is 0.0439. The molecule has 0 aliphatic heterocycles. The molecule has 5 heteroatoms. The third-order valence-electron chi connectivity index (χ3n) is 3.55. The standard InChI is InChI=1S/C15H21NO3S/c1-4-16(9-14(17)19-5-2)15(18)12-8-11(12)13-7-6-10(3)20-13/h6-7,11-12H,4-5,8-9H2,1-3H3. The number of thiophene rings is 1. The molecule has 1 aliphatic rings. The molecule has 1 aromatic rings. The summed E-state index contributed by atoms with van der Waals surface area (Å²) in [7, 11) is 0. The summed E-state index contributed by atoms with van der Waals surface area (Å²) in [4.78, 5) is 28.1. The minimum Gasteiger partial charge on any atom is -0.465 e. The van der Waals surface area contributed by atoms with Crippen LogP contribution >= 0.6 is 11.3 Å². The molecule has 110 valence electrons. The fraction of sp³-hybridized carbons (Fsp3) is 0.600. The van der Waals surface area contributed by atoms with Crippen LogP contribution in [0.5, 0.6) is 0 Å². The van der Waals surface area contributed by atoms with Crippen LogP contribution in [0.25, 0.3) is 0 Å². The van der Waals surface area contributed by atoms with Gasteiger partial charge in [-0.2, -0.15) is 0 Å². The lowest BCUT2D eigenvalue weighted by Crippen LogP contribution is -2.37. The highest BCUT2D eigenvalue weighted by molar-refractivity contribution is 7.12. The molecule has 1 aliphatic carbocycles. The van der Waals surface area contributed by atoms with Crippen LogP contribution < -0.4 is 0 Å². The largest absolute Gasteiger partial charge is 0.465 e. The highest BCUT2D eigenvalue weighted by atomic mass is 32.1. The van der Waals surface area contributed by atoms with E-state index < -0.39 is 0 Å². The third kappa shape index (κ3) is 3.39. The van der Waals surface area contributed by atoms with Gasteiger partial charge in [-0.3, -0.25) is 9.59 Å². The number of esters is 1. The smallest absolute Gasteiger partial charge is 0.325 e. The summed E-state index contributed by atoms with van der Waals surface area (Å²) in [5.41, 5.74) is 0. The van der Waals surface area contributed by atoms with Crippen LogP contribution in [-0.2, 0) is 14.3 Å². The molecule has 0 radical (unpaired) electrons. The van der Waals surface area contributed by atoms with Crippen molar-refractivity contribution in [3.63, 3.8) is 0 Å². The summed E-state index contributed by atoms with van der Waals surface area (Å²) >= 11 is 1.76. The molecular weight excluding hydrogens is 274 g/mol. The fourth-order valence-corrected chi connectivity index (χ4v) is 3.43. The van der Waals surface area contributed by atoms with E-state index in [1.165, 1.54) is 9.75 Å². The van der Waals surface area contributed by atoms with E-state index >= 15 is 0 Å². The summed E-state index contributed by atoms with van der Waals surface area (Å²) in [6.45, 7) is 6.70. The fourth-order valence-electron chi connectivity index (χ4n) is 2.38. The van der Waals surface area contributed by atoms with Gasteiger partial charge in [0.2, 0.25) is 5.91 Å². The monoisotopic (exact) mass is 295 g/mol. The Bertz CT molecular complexity index is 497. The van der Waals surface area contributed by atoms with Gasteiger partial charge in [0.05, 0.1) is 6.61 Å². The van der Waals surface area contributed by atoms with Gasteiger partial charge in [0, 0.05) is 28.1 Å². The first-order valence-corrected chi connectivity index (χ1v) is 7.89. The Morgan fingerprint density at radius 2 is 2.15 bits per heavy atom. The predicted molar refractivity (Wildman–Crippen MR) is 78.8 cm³/mol. The van der Waals surface area contributed by atoms with E-state index in [0.717, 1.165) is 6.42 Å². The van der Waals surface area contributed by atoms with E-state index in [1.807, 2.05) is 6.92 Å². The second-order valence-electron chi connectivity index (χ2n) is 5.05. The van der Waals surface area contributed by atoms with Gasteiger partial charge < -0.3 is 9.64 Å². The molecule has 2 atom stereocenters. The maximum Gasteiger partial charge on any atom is 0.325 e. The van der Waals surface area contributed by atoms with Gasteiger partial charge in [-0.1, -0.05) is 0 Å². The lowest BCUT2D eigenvalue weighted by Gasteiger charge is -2.19. The highest BCUT2D eigenvalue weighted by Gasteiger charge is 2.46. The SMILES string of the molecule is CCOC(=O)CN(CC)C(=O)C1CC1c1ccc(C)s1. The van der Waals surface area contributed by atoms with Crippen LogP contribution in [0.2, 0.25) is 0 Å². The van der Waals surface area contributed by atoms with Crippen molar-refractivity contribution in [2.24, 2.45) is 5.92 Å². The number of carbonyl (C=O) groups excluding carboxylic acids is 2. The van der Waals surface area contributed by atoms with Gasteiger partial charge in [-0.15, -0.1) is 11.3 Å². The van der Waals surface area contributed by atoms with Crippen LogP contribution in [0.1, 0.15) is 35.9 Å². The van der Waals surface area contributed by atoms with E-state index in [2.05, 4.69) is 19.1 Å². The molecule has 2 unspecified atom stereocenters. The molecular formula is C15H21NO3S. The molecule has 0 N–H and O–H groups in total. The zero-order valence-electron chi connectivity index (χ0n) is 12.2. The number of nitrogens with zero attached hydrogens (tertiary/aromatic N) is 1. The number of likely N-dealkylation sites (N-methyl/N-ethyl adjacent to an activating group) is 1. The lowest BCUT2D eigenvalue weighted by molar-refractivity contribution is -0.149. The van der Waals surface area contributed by atoms with Crippen LogP contribution in [0, 0.1) is 12.8 Å². The number of carbonyl (C=O) groups is 2. The molecule has 1 aromatic heterocycles. The van der Waals surface area contributed by atoms with E-state index in [4.69, 9.17) is 4.74 Å². The Labute approximate surface area is 123 Å². The Morgan fingerprint density at radius 1 is 1.40 bits per heavy atom. The molecule has 1 fully saturated rings. The molecule has 1 amide bonds. The van der Waals surface area contributed by atoms with Crippen molar-refractivity contribution in [1.82, 2.24) is 4.90 Å². The third-order valence-corrected chi connectivity index (χ3v) is 4.69. The molecule has 1 heterocycles. The zero-order chi connectivity index (χ0) is 14.7.